The molecule has 4 aromatic rings. The Morgan fingerprint density at radius 2 is 1.81 bits per heavy atom. The van der Waals surface area contributed by atoms with Crippen molar-refractivity contribution in [2.45, 2.75) is 40.3 Å². The highest BCUT2D eigenvalue weighted by Crippen LogP contribution is 2.22. The van der Waals surface area contributed by atoms with E-state index in [0.717, 1.165) is 33.3 Å². The summed E-state index contributed by atoms with van der Waals surface area (Å²) in [5.41, 5.74) is 5.34. The number of carbonyl (C=O) groups is 1. The standard InChI is InChI=1S/C24H22FN3O2.C2H6/c1-15-12-27-23-11-22(25)19(10-21(15)23)13-28-24(30)18-6-7-26-20(9-18)8-16-2-4-17(14-29)5-3-16;1-2/h2-7,9-12,27,29H,8,13-14H2,1H3,(H,28,30);1-2H3. The molecule has 4 rings (SSSR count). The maximum atomic E-state index is 14.3. The van der Waals surface area contributed by atoms with Crippen LogP contribution in [0.5, 0.6) is 0 Å². The summed E-state index contributed by atoms with van der Waals surface area (Å²) in [6.45, 7) is 6.06. The van der Waals surface area contributed by atoms with E-state index in [1.807, 2.05) is 51.2 Å². The molecule has 1 amide bonds. The number of nitrogens with one attached hydrogen (secondary N) is 2. The third-order valence-electron chi connectivity index (χ3n) is 5.16. The summed E-state index contributed by atoms with van der Waals surface area (Å²) in [6.07, 6.45) is 4.01. The van der Waals surface area contributed by atoms with E-state index in [1.165, 1.54) is 6.07 Å². The fourth-order valence-electron chi connectivity index (χ4n) is 3.43. The predicted octanol–water partition coefficient (Wildman–Crippen LogP) is 5.05. The molecule has 2 aromatic heterocycles. The maximum absolute atomic E-state index is 14.3. The maximum Gasteiger partial charge on any atom is 0.251 e. The zero-order valence-electron chi connectivity index (χ0n) is 18.6. The first-order valence-electron chi connectivity index (χ1n) is 10.7. The average Bonchev–Trinajstić information content (AvgIpc) is 3.18. The Bertz CT molecular complexity index is 1200. The van der Waals surface area contributed by atoms with Crippen LogP contribution in [-0.2, 0) is 19.6 Å². The molecule has 0 bridgehead atoms. The second-order valence-corrected chi connectivity index (χ2v) is 7.33. The number of aliphatic hydroxyl groups is 1. The van der Waals surface area contributed by atoms with Crippen molar-refractivity contribution in [2.24, 2.45) is 0 Å². The van der Waals surface area contributed by atoms with Crippen LogP contribution in [0.1, 0.15) is 52.2 Å². The number of H-pyrrole nitrogens is 1. The van der Waals surface area contributed by atoms with Crippen molar-refractivity contribution in [2.75, 3.05) is 0 Å². The van der Waals surface area contributed by atoms with Crippen molar-refractivity contribution in [1.82, 2.24) is 15.3 Å². The summed E-state index contributed by atoms with van der Waals surface area (Å²) in [7, 11) is 0. The quantitative estimate of drug-likeness (QED) is 0.398. The van der Waals surface area contributed by atoms with E-state index in [1.54, 1.807) is 24.4 Å². The zero-order valence-corrected chi connectivity index (χ0v) is 18.6. The molecule has 6 heteroatoms. The normalized spacial score (nSPS) is 10.5. The molecule has 0 saturated heterocycles. The highest BCUT2D eigenvalue weighted by atomic mass is 19.1. The fraction of sp³-hybridized carbons (Fsp3) is 0.231. The molecule has 0 spiro atoms. The minimum atomic E-state index is -0.355. The lowest BCUT2D eigenvalue weighted by Gasteiger charge is -2.09. The second-order valence-electron chi connectivity index (χ2n) is 7.33. The highest BCUT2D eigenvalue weighted by Gasteiger charge is 2.11. The van der Waals surface area contributed by atoms with E-state index in [0.29, 0.717) is 17.5 Å². The third kappa shape index (κ3) is 5.39. The van der Waals surface area contributed by atoms with Gasteiger partial charge in [-0.05, 0) is 47.9 Å². The van der Waals surface area contributed by atoms with Crippen LogP contribution in [0.3, 0.4) is 0 Å². The van der Waals surface area contributed by atoms with Crippen LogP contribution in [0.2, 0.25) is 0 Å². The van der Waals surface area contributed by atoms with Crippen LogP contribution >= 0.6 is 0 Å². The Labute approximate surface area is 187 Å². The molecule has 0 fully saturated rings. The molecule has 3 N–H and O–H groups in total. The highest BCUT2D eigenvalue weighted by molar-refractivity contribution is 5.94. The number of pyridine rings is 1. The molecular weight excluding hydrogens is 405 g/mol. The van der Waals surface area contributed by atoms with Crippen LogP contribution in [0.15, 0.2) is 60.9 Å². The van der Waals surface area contributed by atoms with E-state index in [2.05, 4.69) is 15.3 Å². The van der Waals surface area contributed by atoms with E-state index < -0.39 is 0 Å². The monoisotopic (exact) mass is 433 g/mol. The number of fused-ring (bicyclic) bond motifs is 1. The molecule has 0 aliphatic heterocycles. The first-order valence-corrected chi connectivity index (χ1v) is 10.7. The molecular formula is C26H28FN3O2. The minimum Gasteiger partial charge on any atom is -0.392 e. The molecule has 166 valence electrons. The van der Waals surface area contributed by atoms with Gasteiger partial charge in [0.15, 0.2) is 0 Å². The first kappa shape index (κ1) is 23.2. The van der Waals surface area contributed by atoms with Crippen molar-refractivity contribution < 1.29 is 14.3 Å². The fourth-order valence-corrected chi connectivity index (χ4v) is 3.43. The largest absolute Gasteiger partial charge is 0.392 e. The number of hydrogen-bond donors (Lipinski definition) is 3. The third-order valence-corrected chi connectivity index (χ3v) is 5.16. The predicted molar refractivity (Wildman–Crippen MR) is 125 cm³/mol. The van der Waals surface area contributed by atoms with Crippen molar-refractivity contribution >= 4 is 16.8 Å². The number of aryl methyl sites for hydroxylation is 1. The Hall–Kier alpha value is -3.51. The Balaban J connectivity index is 0.00000141. The number of halogens is 1. The van der Waals surface area contributed by atoms with Gasteiger partial charge in [-0.2, -0.15) is 0 Å². The molecule has 0 radical (unpaired) electrons. The molecule has 0 aliphatic carbocycles. The Morgan fingerprint density at radius 1 is 1.09 bits per heavy atom. The van der Waals surface area contributed by atoms with Gasteiger partial charge >= 0.3 is 0 Å². The molecule has 32 heavy (non-hydrogen) atoms. The smallest absolute Gasteiger partial charge is 0.251 e. The number of carbonyl (C=O) groups excluding carboxylic acids is 1. The summed E-state index contributed by atoms with van der Waals surface area (Å²) >= 11 is 0. The van der Waals surface area contributed by atoms with E-state index >= 15 is 0 Å². The summed E-state index contributed by atoms with van der Waals surface area (Å²) in [5.74, 6) is -0.633. The number of aromatic amines is 1. The van der Waals surface area contributed by atoms with Crippen LogP contribution < -0.4 is 5.32 Å². The van der Waals surface area contributed by atoms with Gasteiger partial charge in [-0.1, -0.05) is 38.1 Å². The molecule has 0 atom stereocenters. The lowest BCUT2D eigenvalue weighted by molar-refractivity contribution is 0.0950. The van der Waals surface area contributed by atoms with Crippen molar-refractivity contribution in [3.05, 3.63) is 100 Å². The number of rotatable bonds is 6. The van der Waals surface area contributed by atoms with Crippen molar-refractivity contribution in [3.63, 3.8) is 0 Å². The number of hydrogen-bond acceptors (Lipinski definition) is 3. The Morgan fingerprint density at radius 3 is 2.53 bits per heavy atom. The van der Waals surface area contributed by atoms with E-state index in [9.17, 15) is 9.18 Å². The first-order chi connectivity index (χ1) is 15.5. The molecule has 2 aromatic carbocycles. The molecule has 2 heterocycles. The van der Waals surface area contributed by atoms with Crippen LogP contribution in [0, 0.1) is 12.7 Å². The van der Waals surface area contributed by atoms with Gasteiger partial charge in [0.1, 0.15) is 5.82 Å². The lowest BCUT2D eigenvalue weighted by Crippen LogP contribution is -2.23. The van der Waals surface area contributed by atoms with Gasteiger partial charge in [-0.15, -0.1) is 0 Å². The van der Waals surface area contributed by atoms with Crippen LogP contribution in [0.4, 0.5) is 4.39 Å². The molecule has 5 nitrogen and oxygen atoms in total. The van der Waals surface area contributed by atoms with Gasteiger partial charge in [0, 0.05) is 53.1 Å². The Kier molecular flexibility index (Phi) is 7.73. The summed E-state index contributed by atoms with van der Waals surface area (Å²) < 4.78 is 14.3. The summed E-state index contributed by atoms with van der Waals surface area (Å²) in [4.78, 5) is 20.0. The molecule has 0 unspecified atom stereocenters. The van der Waals surface area contributed by atoms with Crippen molar-refractivity contribution in [3.8, 4) is 0 Å². The molecule has 0 saturated carbocycles. The van der Waals surface area contributed by atoms with Gasteiger partial charge in [0.2, 0.25) is 0 Å². The number of benzene rings is 2. The number of aliphatic hydroxyl groups excluding tert-OH is 1. The minimum absolute atomic E-state index is 0.00533. The average molecular weight is 434 g/mol. The van der Waals surface area contributed by atoms with E-state index in [4.69, 9.17) is 5.11 Å². The number of nitrogens with zero attached hydrogens (tertiary/aromatic N) is 1. The van der Waals surface area contributed by atoms with Gasteiger partial charge in [0.05, 0.1) is 6.61 Å². The summed E-state index contributed by atoms with van der Waals surface area (Å²) in [5, 5.41) is 12.9. The van der Waals surface area contributed by atoms with Gasteiger partial charge in [-0.3, -0.25) is 9.78 Å². The number of amides is 1. The van der Waals surface area contributed by atoms with E-state index in [-0.39, 0.29) is 24.9 Å². The molecule has 0 aliphatic rings. The summed E-state index contributed by atoms with van der Waals surface area (Å²) in [6, 6.07) is 14.2. The number of aromatic nitrogens is 2. The van der Waals surface area contributed by atoms with Crippen LogP contribution in [-0.4, -0.2) is 21.0 Å². The van der Waals surface area contributed by atoms with Crippen molar-refractivity contribution in [1.29, 1.82) is 0 Å². The van der Waals surface area contributed by atoms with Gasteiger partial charge in [-0.25, -0.2) is 4.39 Å². The topological polar surface area (TPSA) is 78.0 Å². The zero-order chi connectivity index (χ0) is 23.1. The second kappa shape index (κ2) is 10.7. The van der Waals surface area contributed by atoms with Gasteiger partial charge < -0.3 is 15.4 Å². The SMILES string of the molecule is CC.Cc1c[nH]c2cc(F)c(CNC(=O)c3ccnc(Cc4ccc(CO)cc4)c3)cc12. The van der Waals surface area contributed by atoms with Gasteiger partial charge in [0.25, 0.3) is 5.91 Å². The van der Waals surface area contributed by atoms with Crippen LogP contribution in [0.25, 0.3) is 10.9 Å². The lowest BCUT2D eigenvalue weighted by atomic mass is 10.1.